The Bertz CT molecular complexity index is 930. The number of unbranched alkanes of at least 4 members (excludes halogenated alkanes) is 15. The van der Waals surface area contributed by atoms with Gasteiger partial charge in [0.05, 0.1) is 18.9 Å². The average molecular weight is 507 g/mol. The van der Waals surface area contributed by atoms with E-state index in [9.17, 15) is 4.79 Å². The maximum Gasteiger partial charge on any atom is 0.223 e. The molecule has 1 aromatic heterocycles. The van der Waals surface area contributed by atoms with Crippen LogP contribution < -0.4 is 10.2 Å². The van der Waals surface area contributed by atoms with Gasteiger partial charge in [-0.25, -0.2) is 0 Å². The summed E-state index contributed by atoms with van der Waals surface area (Å²) in [6, 6.07) is 14.0. The van der Waals surface area contributed by atoms with Crippen LogP contribution in [-0.4, -0.2) is 11.2 Å². The minimum absolute atomic E-state index is 0.0891. The first-order valence-corrected chi connectivity index (χ1v) is 15.0. The van der Waals surface area contributed by atoms with Gasteiger partial charge in [0.2, 0.25) is 5.43 Å². The lowest BCUT2D eigenvalue weighted by Crippen LogP contribution is -2.16. The van der Waals surface area contributed by atoms with E-state index in [1.54, 1.807) is 6.07 Å². The van der Waals surface area contributed by atoms with E-state index in [-0.39, 0.29) is 5.43 Å². The van der Waals surface area contributed by atoms with Crippen molar-refractivity contribution in [2.24, 2.45) is 0 Å². The Kier molecular flexibility index (Phi) is 17.0. The maximum atomic E-state index is 12.6. The summed E-state index contributed by atoms with van der Waals surface area (Å²) >= 11 is 0. The molecule has 0 bridgehead atoms. The minimum Gasteiger partial charge on any atom is -0.488 e. The topological polar surface area (TPSA) is 55.0 Å². The number of hydrogen-bond donors (Lipinski definition) is 0. The fourth-order valence-electron chi connectivity index (χ4n) is 4.86. The van der Waals surface area contributed by atoms with Gasteiger partial charge in [0, 0.05) is 31.1 Å². The van der Waals surface area contributed by atoms with Gasteiger partial charge in [-0.05, 0) is 12.0 Å². The molecule has 0 amide bonds. The first kappa shape index (κ1) is 30.7. The molecule has 4 nitrogen and oxygen atoms in total. The zero-order valence-corrected chi connectivity index (χ0v) is 23.4. The van der Waals surface area contributed by atoms with Crippen LogP contribution in [0.1, 0.15) is 127 Å². The van der Waals surface area contributed by atoms with E-state index in [4.69, 9.17) is 10.00 Å². The SMILES string of the molecule is CCCCCCCCCCCCCCCCCCOc1cn(Cc2ccccc2)c(CCC#N)cc1=O. The second-order valence-electron chi connectivity index (χ2n) is 10.4. The number of aromatic nitrogens is 1. The first-order valence-electron chi connectivity index (χ1n) is 15.0. The maximum absolute atomic E-state index is 12.6. The van der Waals surface area contributed by atoms with Crippen LogP contribution in [0.15, 0.2) is 47.4 Å². The highest BCUT2D eigenvalue weighted by molar-refractivity contribution is 5.24. The van der Waals surface area contributed by atoms with Crippen molar-refractivity contribution in [3.8, 4) is 11.8 Å². The number of nitriles is 1. The monoisotopic (exact) mass is 506 g/mol. The summed E-state index contributed by atoms with van der Waals surface area (Å²) in [5, 5.41) is 8.99. The summed E-state index contributed by atoms with van der Waals surface area (Å²) in [6.07, 6.45) is 24.3. The van der Waals surface area contributed by atoms with Crippen molar-refractivity contribution < 1.29 is 4.74 Å². The molecular weight excluding hydrogens is 456 g/mol. The van der Waals surface area contributed by atoms with Crippen LogP contribution in [0.25, 0.3) is 0 Å². The number of nitrogens with zero attached hydrogens (tertiary/aromatic N) is 2. The second-order valence-corrected chi connectivity index (χ2v) is 10.4. The fourth-order valence-corrected chi connectivity index (χ4v) is 4.86. The second kappa shape index (κ2) is 20.5. The van der Waals surface area contributed by atoms with Gasteiger partial charge in [-0.3, -0.25) is 4.79 Å². The average Bonchev–Trinajstić information content (AvgIpc) is 2.91. The molecule has 0 aliphatic heterocycles. The largest absolute Gasteiger partial charge is 0.488 e. The molecule has 0 fully saturated rings. The van der Waals surface area contributed by atoms with Crippen LogP contribution in [0.3, 0.4) is 0 Å². The van der Waals surface area contributed by atoms with E-state index in [1.807, 2.05) is 24.4 Å². The quantitative estimate of drug-likeness (QED) is 0.150. The Labute approximate surface area is 226 Å². The smallest absolute Gasteiger partial charge is 0.223 e. The summed E-state index contributed by atoms with van der Waals surface area (Å²) < 4.78 is 7.95. The highest BCUT2D eigenvalue weighted by Gasteiger charge is 2.09. The van der Waals surface area contributed by atoms with E-state index in [2.05, 4.69) is 29.7 Å². The molecule has 0 unspecified atom stereocenters. The zero-order chi connectivity index (χ0) is 26.4. The Morgan fingerprint density at radius 3 is 1.86 bits per heavy atom. The molecule has 0 aliphatic rings. The van der Waals surface area contributed by atoms with Crippen molar-refractivity contribution in [3.05, 3.63) is 64.1 Å². The van der Waals surface area contributed by atoms with Crippen molar-refractivity contribution in [1.82, 2.24) is 4.57 Å². The Hall–Kier alpha value is -2.54. The third kappa shape index (κ3) is 14.1. The van der Waals surface area contributed by atoms with E-state index >= 15 is 0 Å². The highest BCUT2D eigenvalue weighted by atomic mass is 16.5. The molecule has 1 heterocycles. The van der Waals surface area contributed by atoms with Gasteiger partial charge in [0.1, 0.15) is 0 Å². The van der Waals surface area contributed by atoms with Gasteiger partial charge in [-0.15, -0.1) is 0 Å². The molecule has 0 aliphatic carbocycles. The molecule has 0 saturated heterocycles. The first-order chi connectivity index (χ1) is 18.2. The molecule has 0 saturated carbocycles. The number of pyridine rings is 1. The van der Waals surface area contributed by atoms with Crippen molar-refractivity contribution in [2.75, 3.05) is 6.61 Å². The van der Waals surface area contributed by atoms with Gasteiger partial charge in [0.15, 0.2) is 5.75 Å². The standard InChI is InChI=1S/C33H50N2O2/c1-2-3-4-5-6-7-8-9-10-11-12-13-14-15-16-20-26-37-33-29-35(28-30-22-18-17-19-23-30)31(24-21-25-34)27-32(33)36/h17-19,22-23,27,29H,2-16,20-21,24,26,28H2,1H3. The summed E-state index contributed by atoms with van der Waals surface area (Å²) in [6.45, 7) is 3.52. The number of aryl methyl sites for hydroxylation is 1. The van der Waals surface area contributed by atoms with E-state index in [0.29, 0.717) is 31.7 Å². The molecule has 0 atom stereocenters. The molecule has 4 heteroatoms. The van der Waals surface area contributed by atoms with Gasteiger partial charge >= 0.3 is 0 Å². The lowest BCUT2D eigenvalue weighted by Gasteiger charge is -2.15. The molecule has 0 N–H and O–H groups in total. The Morgan fingerprint density at radius 1 is 0.784 bits per heavy atom. The third-order valence-corrected chi connectivity index (χ3v) is 7.13. The predicted octanol–water partition coefficient (Wildman–Crippen LogP) is 8.99. The zero-order valence-electron chi connectivity index (χ0n) is 23.4. The normalized spacial score (nSPS) is 10.9. The van der Waals surface area contributed by atoms with E-state index in [0.717, 1.165) is 24.1 Å². The van der Waals surface area contributed by atoms with E-state index < -0.39 is 0 Å². The predicted molar refractivity (Wildman–Crippen MR) is 155 cm³/mol. The Balaban J connectivity index is 1.57. The van der Waals surface area contributed by atoms with Gasteiger partial charge in [-0.1, -0.05) is 134 Å². The van der Waals surface area contributed by atoms with Crippen LogP contribution in [-0.2, 0) is 13.0 Å². The summed E-state index contributed by atoms with van der Waals surface area (Å²) in [4.78, 5) is 12.6. The molecule has 37 heavy (non-hydrogen) atoms. The Morgan fingerprint density at radius 2 is 1.32 bits per heavy atom. The number of rotatable bonds is 22. The van der Waals surface area contributed by atoms with Crippen molar-refractivity contribution in [1.29, 1.82) is 5.26 Å². The number of benzene rings is 1. The number of hydrogen-bond acceptors (Lipinski definition) is 3. The van der Waals surface area contributed by atoms with Gasteiger partial charge < -0.3 is 9.30 Å². The van der Waals surface area contributed by atoms with Crippen LogP contribution in [0.2, 0.25) is 0 Å². The summed E-state index contributed by atoms with van der Waals surface area (Å²) in [5.41, 5.74) is 1.95. The van der Waals surface area contributed by atoms with Gasteiger partial charge in [-0.2, -0.15) is 5.26 Å². The van der Waals surface area contributed by atoms with Crippen molar-refractivity contribution >= 4 is 0 Å². The van der Waals surface area contributed by atoms with Crippen molar-refractivity contribution in [2.45, 2.75) is 129 Å². The molecule has 0 radical (unpaired) electrons. The molecule has 2 aromatic rings. The molecule has 1 aromatic carbocycles. The molecular formula is C33H50N2O2. The fraction of sp³-hybridized carbons (Fsp3) is 0.636. The lowest BCUT2D eigenvalue weighted by molar-refractivity contribution is 0.298. The minimum atomic E-state index is -0.0891. The molecule has 2 rings (SSSR count). The lowest BCUT2D eigenvalue weighted by atomic mass is 10.0. The van der Waals surface area contributed by atoms with Crippen LogP contribution in [0, 0.1) is 11.3 Å². The van der Waals surface area contributed by atoms with Crippen LogP contribution >= 0.6 is 0 Å². The van der Waals surface area contributed by atoms with E-state index in [1.165, 1.54) is 89.9 Å². The molecule has 0 spiro atoms. The van der Waals surface area contributed by atoms with Crippen molar-refractivity contribution in [3.63, 3.8) is 0 Å². The molecule has 204 valence electrons. The summed E-state index contributed by atoms with van der Waals surface area (Å²) in [7, 11) is 0. The third-order valence-electron chi connectivity index (χ3n) is 7.13. The van der Waals surface area contributed by atoms with Crippen LogP contribution in [0.4, 0.5) is 0 Å². The van der Waals surface area contributed by atoms with Gasteiger partial charge in [0.25, 0.3) is 0 Å². The summed E-state index contributed by atoms with van der Waals surface area (Å²) in [5.74, 6) is 0.414. The highest BCUT2D eigenvalue weighted by Crippen LogP contribution is 2.15. The van der Waals surface area contributed by atoms with Crippen LogP contribution in [0.5, 0.6) is 5.75 Å². The number of ether oxygens (including phenoxy) is 1.